The fourth-order valence-corrected chi connectivity index (χ4v) is 2.30. The van der Waals surface area contributed by atoms with E-state index in [4.69, 9.17) is 5.73 Å². The number of nitrogen functional groups attached to an aromatic ring is 1. The molecule has 0 saturated carbocycles. The number of nitrogens with two attached hydrogens (primary N) is 1. The largest absolute Gasteiger partial charge is 0.398 e. The summed E-state index contributed by atoms with van der Waals surface area (Å²) in [5, 5.41) is 4.61. The summed E-state index contributed by atoms with van der Waals surface area (Å²) in [6.45, 7) is 7.70. The molecule has 1 fully saturated rings. The molecule has 17 heavy (non-hydrogen) atoms. The van der Waals surface area contributed by atoms with Gasteiger partial charge in [0.05, 0.1) is 0 Å². The van der Waals surface area contributed by atoms with Gasteiger partial charge >= 0.3 is 0 Å². The molecule has 1 atom stereocenters. The molecule has 0 aliphatic carbocycles. The van der Waals surface area contributed by atoms with Crippen LogP contribution >= 0.6 is 0 Å². The summed E-state index contributed by atoms with van der Waals surface area (Å²) in [5.74, 6) is 0. The van der Waals surface area contributed by atoms with Crippen molar-refractivity contribution in [3.8, 4) is 0 Å². The highest BCUT2D eigenvalue weighted by Crippen LogP contribution is 2.36. The fraction of sp³-hybridized carbons (Fsp3) is 0.429. The molecule has 3 nitrogen and oxygen atoms in total. The molecule has 1 aliphatic rings. The van der Waals surface area contributed by atoms with E-state index in [1.54, 1.807) is 0 Å². The Morgan fingerprint density at radius 2 is 2.00 bits per heavy atom. The van der Waals surface area contributed by atoms with E-state index in [1.165, 1.54) is 22.2 Å². The maximum atomic E-state index is 6.09. The van der Waals surface area contributed by atoms with Crippen molar-refractivity contribution in [1.82, 2.24) is 10.3 Å². The summed E-state index contributed by atoms with van der Waals surface area (Å²) in [5.41, 5.74) is 10.8. The predicted molar refractivity (Wildman–Crippen MR) is 72.2 cm³/mol. The zero-order chi connectivity index (χ0) is 12.2. The molecule has 1 saturated heterocycles. The van der Waals surface area contributed by atoms with Gasteiger partial charge in [-0.1, -0.05) is 20.8 Å². The summed E-state index contributed by atoms with van der Waals surface area (Å²) >= 11 is 0. The van der Waals surface area contributed by atoms with Crippen molar-refractivity contribution in [2.75, 3.05) is 12.3 Å². The second-order valence-electron chi connectivity index (χ2n) is 5.92. The van der Waals surface area contributed by atoms with Crippen molar-refractivity contribution < 1.29 is 0 Å². The van der Waals surface area contributed by atoms with E-state index >= 15 is 0 Å². The zero-order valence-corrected chi connectivity index (χ0v) is 10.6. The average molecular weight is 229 g/mol. The second kappa shape index (κ2) is 3.26. The molecule has 3 heteroatoms. The maximum absolute atomic E-state index is 6.09. The predicted octanol–water partition coefficient (Wildman–Crippen LogP) is 2.69. The maximum Gasteiger partial charge on any atom is 0.0474 e. The van der Waals surface area contributed by atoms with Gasteiger partial charge in [-0.3, -0.25) is 0 Å². The number of rotatable bonds is 1. The van der Waals surface area contributed by atoms with Gasteiger partial charge < -0.3 is 16.0 Å². The molecule has 0 spiro atoms. The van der Waals surface area contributed by atoms with Crippen LogP contribution in [0.25, 0.3) is 10.9 Å². The van der Waals surface area contributed by atoms with Crippen molar-refractivity contribution in [2.45, 2.75) is 32.2 Å². The molecule has 1 aromatic heterocycles. The molecule has 1 unspecified atom stereocenters. The van der Waals surface area contributed by atoms with Crippen LogP contribution < -0.4 is 11.1 Å². The SMILES string of the molecule is CC(C)(C)c1cc2c(C3CN3)c(N)ccc2[nH]1. The Kier molecular flexibility index (Phi) is 2.05. The number of fused-ring (bicyclic) bond motifs is 1. The van der Waals surface area contributed by atoms with Gasteiger partial charge in [0.25, 0.3) is 0 Å². The smallest absolute Gasteiger partial charge is 0.0474 e. The van der Waals surface area contributed by atoms with Crippen molar-refractivity contribution in [3.63, 3.8) is 0 Å². The molecule has 2 heterocycles. The third-order valence-electron chi connectivity index (χ3n) is 3.44. The number of nitrogens with one attached hydrogen (secondary N) is 2. The molecule has 2 aromatic rings. The van der Waals surface area contributed by atoms with Crippen LogP contribution in [0, 0.1) is 0 Å². The number of hydrogen-bond donors (Lipinski definition) is 3. The van der Waals surface area contributed by atoms with Crippen LogP contribution in [0.15, 0.2) is 18.2 Å². The van der Waals surface area contributed by atoms with Crippen LogP contribution in [-0.4, -0.2) is 11.5 Å². The third-order valence-corrected chi connectivity index (χ3v) is 3.44. The molecule has 1 aliphatic heterocycles. The van der Waals surface area contributed by atoms with Gasteiger partial charge in [-0.25, -0.2) is 0 Å². The monoisotopic (exact) mass is 229 g/mol. The summed E-state index contributed by atoms with van der Waals surface area (Å²) in [6, 6.07) is 6.77. The van der Waals surface area contributed by atoms with Crippen LogP contribution in [-0.2, 0) is 5.41 Å². The highest BCUT2D eigenvalue weighted by molar-refractivity contribution is 5.89. The van der Waals surface area contributed by atoms with Crippen molar-refractivity contribution in [3.05, 3.63) is 29.5 Å². The van der Waals surface area contributed by atoms with Crippen LogP contribution in [0.5, 0.6) is 0 Å². The summed E-state index contributed by atoms with van der Waals surface area (Å²) in [4.78, 5) is 3.50. The minimum atomic E-state index is 0.141. The summed E-state index contributed by atoms with van der Waals surface area (Å²) < 4.78 is 0. The Labute approximate surface area is 101 Å². The van der Waals surface area contributed by atoms with Gasteiger partial charge in [-0.15, -0.1) is 0 Å². The van der Waals surface area contributed by atoms with E-state index in [0.29, 0.717) is 6.04 Å². The van der Waals surface area contributed by atoms with E-state index in [9.17, 15) is 0 Å². The van der Waals surface area contributed by atoms with Crippen LogP contribution in [0.2, 0.25) is 0 Å². The summed E-state index contributed by atoms with van der Waals surface area (Å²) in [7, 11) is 0. The minimum absolute atomic E-state index is 0.141. The Hall–Kier alpha value is -1.48. The second-order valence-corrected chi connectivity index (χ2v) is 5.92. The minimum Gasteiger partial charge on any atom is -0.398 e. The van der Waals surface area contributed by atoms with Crippen LogP contribution in [0.4, 0.5) is 5.69 Å². The lowest BCUT2D eigenvalue weighted by Gasteiger charge is -2.15. The zero-order valence-electron chi connectivity index (χ0n) is 10.6. The average Bonchev–Trinajstić information content (AvgIpc) is 2.94. The summed E-state index contributed by atoms with van der Waals surface area (Å²) in [6.07, 6.45) is 0. The molecule has 4 N–H and O–H groups in total. The Morgan fingerprint density at radius 1 is 1.29 bits per heavy atom. The van der Waals surface area contributed by atoms with Gasteiger partial charge in [0.15, 0.2) is 0 Å². The van der Waals surface area contributed by atoms with Crippen LogP contribution in [0.1, 0.15) is 38.1 Å². The quantitative estimate of drug-likeness (QED) is 0.520. The Morgan fingerprint density at radius 3 is 2.59 bits per heavy atom. The van der Waals surface area contributed by atoms with Gasteiger partial charge in [-0.2, -0.15) is 0 Å². The number of aromatic nitrogens is 1. The van der Waals surface area contributed by atoms with Crippen molar-refractivity contribution in [1.29, 1.82) is 0 Å². The lowest BCUT2D eigenvalue weighted by Crippen LogP contribution is -2.10. The first kappa shape index (κ1) is 10.7. The van der Waals surface area contributed by atoms with E-state index < -0.39 is 0 Å². The Bertz CT molecular complexity index is 571. The van der Waals surface area contributed by atoms with Gasteiger partial charge in [0.2, 0.25) is 0 Å². The lowest BCUT2D eigenvalue weighted by atomic mass is 9.92. The van der Waals surface area contributed by atoms with Crippen molar-refractivity contribution in [2.24, 2.45) is 0 Å². The van der Waals surface area contributed by atoms with E-state index in [-0.39, 0.29) is 5.41 Å². The molecule has 0 radical (unpaired) electrons. The molecular weight excluding hydrogens is 210 g/mol. The number of aromatic amines is 1. The standard InChI is InChI=1S/C14H19N3/c1-14(2,3)12-6-8-10(17-12)5-4-9(15)13(8)11-7-16-11/h4-6,11,16-17H,7,15H2,1-3H3. The van der Waals surface area contributed by atoms with Gasteiger partial charge in [0.1, 0.15) is 0 Å². The molecule has 0 amide bonds. The van der Waals surface area contributed by atoms with E-state index in [1.807, 2.05) is 6.07 Å². The third kappa shape index (κ3) is 1.71. The van der Waals surface area contributed by atoms with Gasteiger partial charge in [0, 0.05) is 45.8 Å². The first-order valence-corrected chi connectivity index (χ1v) is 6.12. The van der Waals surface area contributed by atoms with Crippen molar-refractivity contribution >= 4 is 16.6 Å². The van der Waals surface area contributed by atoms with E-state index in [0.717, 1.165) is 12.2 Å². The first-order valence-electron chi connectivity index (χ1n) is 6.12. The normalized spacial score (nSPS) is 19.8. The molecule has 1 aromatic carbocycles. The lowest BCUT2D eigenvalue weighted by molar-refractivity contribution is 0.574. The molecule has 90 valence electrons. The molecular formula is C14H19N3. The topological polar surface area (TPSA) is 63.8 Å². The van der Waals surface area contributed by atoms with Crippen LogP contribution in [0.3, 0.4) is 0 Å². The number of H-pyrrole nitrogens is 1. The Balaban J connectivity index is 2.25. The van der Waals surface area contributed by atoms with E-state index in [2.05, 4.69) is 43.2 Å². The number of anilines is 1. The number of benzene rings is 1. The fourth-order valence-electron chi connectivity index (χ4n) is 2.30. The molecule has 0 bridgehead atoms. The van der Waals surface area contributed by atoms with Gasteiger partial charge in [-0.05, 0) is 18.2 Å². The molecule has 3 rings (SSSR count). The first-order chi connectivity index (χ1) is 7.97. The number of hydrogen-bond acceptors (Lipinski definition) is 2. The highest BCUT2D eigenvalue weighted by atomic mass is 15.1. The highest BCUT2D eigenvalue weighted by Gasteiger charge is 2.28.